The van der Waals surface area contributed by atoms with Crippen molar-refractivity contribution < 1.29 is 29.3 Å². The fourth-order valence-corrected chi connectivity index (χ4v) is 7.26. The van der Waals surface area contributed by atoms with Gasteiger partial charge in [0, 0.05) is 16.7 Å². The first-order valence-electron chi connectivity index (χ1n) is 10.1. The molecule has 28 heavy (non-hydrogen) atoms. The van der Waals surface area contributed by atoms with Gasteiger partial charge in [0.2, 0.25) is 0 Å². The summed E-state index contributed by atoms with van der Waals surface area (Å²) in [6.07, 6.45) is 4.44. The van der Waals surface area contributed by atoms with Crippen molar-refractivity contribution in [2.75, 3.05) is 6.61 Å². The molecule has 0 aromatic heterocycles. The molecular formula is C22H29FO5. The van der Waals surface area contributed by atoms with Gasteiger partial charge in [-0.2, -0.15) is 0 Å². The zero-order valence-electron chi connectivity index (χ0n) is 16.6. The van der Waals surface area contributed by atoms with E-state index in [-0.39, 0.29) is 18.1 Å². The SMILES string of the molecule is CC1C[C@H]2[C@@H]3CCC4=CC(=O)C=C[C@]4(C)C3(F)[C@@H](O)C[C@]2(C)[C@@]1(O)C(=O)CO. The lowest BCUT2D eigenvalue weighted by atomic mass is 9.44. The van der Waals surface area contributed by atoms with Crippen LogP contribution in [0.3, 0.4) is 0 Å². The number of fused-ring (bicyclic) bond motifs is 5. The lowest BCUT2D eigenvalue weighted by molar-refractivity contribution is -0.219. The van der Waals surface area contributed by atoms with Crippen LogP contribution in [0.2, 0.25) is 0 Å². The van der Waals surface area contributed by atoms with Crippen LogP contribution in [-0.2, 0) is 9.59 Å². The van der Waals surface area contributed by atoms with E-state index < -0.39 is 52.4 Å². The van der Waals surface area contributed by atoms with Crippen molar-refractivity contribution in [3.05, 3.63) is 23.8 Å². The van der Waals surface area contributed by atoms with E-state index in [0.717, 1.165) is 0 Å². The summed E-state index contributed by atoms with van der Waals surface area (Å²) in [7, 11) is 0. The number of halogens is 1. The fourth-order valence-electron chi connectivity index (χ4n) is 7.26. The summed E-state index contributed by atoms with van der Waals surface area (Å²) in [4.78, 5) is 24.4. The summed E-state index contributed by atoms with van der Waals surface area (Å²) < 4.78 is 16.9. The summed E-state index contributed by atoms with van der Waals surface area (Å²) in [5.74, 6) is -2.12. The molecule has 0 aliphatic heterocycles. The van der Waals surface area contributed by atoms with E-state index in [4.69, 9.17) is 0 Å². The normalized spacial score (nSPS) is 52.5. The van der Waals surface area contributed by atoms with Crippen LogP contribution in [0.25, 0.3) is 0 Å². The van der Waals surface area contributed by atoms with Crippen LogP contribution in [0.5, 0.6) is 0 Å². The Bertz CT molecular complexity index is 805. The van der Waals surface area contributed by atoms with Crippen LogP contribution in [0, 0.1) is 28.6 Å². The molecule has 0 aromatic rings. The van der Waals surface area contributed by atoms with Gasteiger partial charge in [-0.3, -0.25) is 9.59 Å². The smallest absolute Gasteiger partial charge is 0.190 e. The number of aliphatic hydroxyl groups excluding tert-OH is 2. The first kappa shape index (κ1) is 19.9. The monoisotopic (exact) mass is 392 g/mol. The number of allylic oxidation sites excluding steroid dienone is 4. The van der Waals surface area contributed by atoms with Crippen molar-refractivity contribution in [2.45, 2.75) is 63.8 Å². The second-order valence-corrected chi connectivity index (χ2v) is 9.75. The average molecular weight is 392 g/mol. The largest absolute Gasteiger partial charge is 0.390 e. The molecule has 0 heterocycles. The van der Waals surface area contributed by atoms with Gasteiger partial charge >= 0.3 is 0 Å². The Morgan fingerprint density at radius 2 is 2.00 bits per heavy atom. The third kappa shape index (κ3) is 2.01. The maximum absolute atomic E-state index is 16.9. The number of aliphatic hydroxyl groups is 3. The Morgan fingerprint density at radius 3 is 2.64 bits per heavy atom. The highest BCUT2D eigenvalue weighted by molar-refractivity contribution is 6.01. The molecule has 0 spiro atoms. The Hall–Kier alpha value is -1.37. The Labute approximate surface area is 164 Å². The van der Waals surface area contributed by atoms with Crippen LogP contribution < -0.4 is 0 Å². The Balaban J connectivity index is 1.84. The zero-order valence-corrected chi connectivity index (χ0v) is 16.6. The molecule has 0 bridgehead atoms. The highest BCUT2D eigenvalue weighted by atomic mass is 19.1. The molecule has 8 atom stereocenters. The summed E-state index contributed by atoms with van der Waals surface area (Å²) in [6, 6.07) is 0. The van der Waals surface area contributed by atoms with Gasteiger partial charge in [0.05, 0.1) is 6.10 Å². The first-order chi connectivity index (χ1) is 13.0. The van der Waals surface area contributed by atoms with Crippen LogP contribution >= 0.6 is 0 Å². The number of carbonyl (C=O) groups excluding carboxylic acids is 2. The van der Waals surface area contributed by atoms with Crippen LogP contribution in [0.15, 0.2) is 23.8 Å². The average Bonchev–Trinajstić information content (AvgIpc) is 2.84. The summed E-state index contributed by atoms with van der Waals surface area (Å²) in [6.45, 7) is 4.48. The second kappa shape index (κ2) is 5.83. The number of Topliss-reactive ketones (excluding diaryl/α,β-unsaturated/α-hetero) is 1. The zero-order chi connectivity index (χ0) is 20.7. The predicted molar refractivity (Wildman–Crippen MR) is 99.9 cm³/mol. The van der Waals surface area contributed by atoms with Crippen molar-refractivity contribution in [2.24, 2.45) is 28.6 Å². The van der Waals surface area contributed by atoms with Crippen molar-refractivity contribution >= 4 is 11.6 Å². The van der Waals surface area contributed by atoms with Gasteiger partial charge in [-0.1, -0.05) is 25.5 Å². The van der Waals surface area contributed by atoms with Gasteiger partial charge in [-0.25, -0.2) is 4.39 Å². The number of carbonyl (C=O) groups is 2. The molecule has 0 radical (unpaired) electrons. The predicted octanol–water partition coefficient (Wildman–Crippen LogP) is 1.90. The third-order valence-corrected chi connectivity index (χ3v) is 8.79. The second-order valence-electron chi connectivity index (χ2n) is 9.75. The highest BCUT2D eigenvalue weighted by Gasteiger charge is 2.75. The molecule has 4 aliphatic rings. The minimum absolute atomic E-state index is 0.0676. The van der Waals surface area contributed by atoms with Gasteiger partial charge in [-0.15, -0.1) is 0 Å². The van der Waals surface area contributed by atoms with Crippen molar-refractivity contribution in [3.8, 4) is 0 Å². The number of alkyl halides is 1. The highest BCUT2D eigenvalue weighted by Crippen LogP contribution is 2.70. The van der Waals surface area contributed by atoms with Gasteiger partial charge < -0.3 is 15.3 Å². The summed E-state index contributed by atoms with van der Waals surface area (Å²) >= 11 is 0. The molecule has 5 nitrogen and oxygen atoms in total. The molecule has 6 heteroatoms. The van der Waals surface area contributed by atoms with E-state index in [9.17, 15) is 24.9 Å². The van der Waals surface area contributed by atoms with E-state index in [1.54, 1.807) is 26.8 Å². The van der Waals surface area contributed by atoms with Gasteiger partial charge in [-0.05, 0) is 56.6 Å². The first-order valence-corrected chi connectivity index (χ1v) is 10.1. The number of ketones is 2. The molecule has 4 rings (SSSR count). The molecule has 3 N–H and O–H groups in total. The standard InChI is InChI=1S/C22H29FO5/c1-12-8-16-15-5-4-13-9-14(25)6-7-19(13,2)21(15,23)17(26)10-20(16,3)22(12,28)18(27)11-24/h6-7,9,12,15-17,24,26,28H,4-5,8,10-11H2,1-3H3/t12?,15-,16-,17-,19-,20-,21?,22-/m0/s1. The van der Waals surface area contributed by atoms with E-state index in [2.05, 4.69) is 0 Å². The molecule has 154 valence electrons. The topological polar surface area (TPSA) is 94.8 Å². The van der Waals surface area contributed by atoms with E-state index in [0.29, 0.717) is 24.8 Å². The quantitative estimate of drug-likeness (QED) is 0.667. The molecule has 2 unspecified atom stereocenters. The third-order valence-electron chi connectivity index (χ3n) is 8.79. The molecule has 3 fully saturated rings. The fraction of sp³-hybridized carbons (Fsp3) is 0.727. The number of hydrogen-bond acceptors (Lipinski definition) is 5. The molecule has 3 saturated carbocycles. The Morgan fingerprint density at radius 1 is 1.32 bits per heavy atom. The maximum atomic E-state index is 16.9. The van der Waals surface area contributed by atoms with Crippen LogP contribution in [0.1, 0.15) is 46.5 Å². The minimum Gasteiger partial charge on any atom is -0.390 e. The molecule has 0 amide bonds. The van der Waals surface area contributed by atoms with Crippen molar-refractivity contribution in [1.29, 1.82) is 0 Å². The number of hydrogen-bond donors (Lipinski definition) is 3. The van der Waals surface area contributed by atoms with Gasteiger partial charge in [0.25, 0.3) is 0 Å². The molecular weight excluding hydrogens is 363 g/mol. The summed E-state index contributed by atoms with van der Waals surface area (Å²) in [5.41, 5.74) is -5.17. The van der Waals surface area contributed by atoms with E-state index >= 15 is 4.39 Å². The minimum atomic E-state index is -1.98. The maximum Gasteiger partial charge on any atom is 0.190 e. The molecule has 0 saturated heterocycles. The van der Waals surface area contributed by atoms with Crippen molar-refractivity contribution in [1.82, 2.24) is 0 Å². The number of rotatable bonds is 2. The molecule has 0 aromatic carbocycles. The Kier molecular flexibility index (Phi) is 4.15. The van der Waals surface area contributed by atoms with Gasteiger partial charge in [0.1, 0.15) is 12.2 Å². The van der Waals surface area contributed by atoms with Gasteiger partial charge in [0.15, 0.2) is 17.2 Å². The van der Waals surface area contributed by atoms with E-state index in [1.165, 1.54) is 12.2 Å². The van der Waals surface area contributed by atoms with Crippen LogP contribution in [0.4, 0.5) is 4.39 Å². The lowest BCUT2D eigenvalue weighted by Gasteiger charge is -2.62. The molecule has 4 aliphatic carbocycles. The lowest BCUT2D eigenvalue weighted by Crippen LogP contribution is -2.69. The van der Waals surface area contributed by atoms with Crippen molar-refractivity contribution in [3.63, 3.8) is 0 Å². The summed E-state index contributed by atoms with van der Waals surface area (Å²) in [5, 5.41) is 32.0. The van der Waals surface area contributed by atoms with E-state index in [1.807, 2.05) is 0 Å². The van der Waals surface area contributed by atoms with Crippen LogP contribution in [-0.4, -0.2) is 50.9 Å².